The van der Waals surface area contributed by atoms with Gasteiger partial charge in [-0.25, -0.2) is 9.59 Å². The zero-order valence-electron chi connectivity index (χ0n) is 21.6. The van der Waals surface area contributed by atoms with Crippen LogP contribution in [-0.2, 0) is 27.3 Å². The van der Waals surface area contributed by atoms with Crippen LogP contribution in [0.5, 0.6) is 0 Å². The van der Waals surface area contributed by atoms with Gasteiger partial charge < -0.3 is 30.4 Å². The van der Waals surface area contributed by atoms with E-state index in [0.29, 0.717) is 32.4 Å². The lowest BCUT2D eigenvalue weighted by molar-refractivity contribution is -0.123. The number of nitrogens with one attached hydrogen (secondary N) is 4. The van der Waals surface area contributed by atoms with Crippen molar-refractivity contribution in [3.8, 4) is 0 Å². The third-order valence-electron chi connectivity index (χ3n) is 5.49. The van der Waals surface area contributed by atoms with E-state index in [-0.39, 0.29) is 12.5 Å². The summed E-state index contributed by atoms with van der Waals surface area (Å²) in [7, 11) is 0. The molecule has 3 amide bonds. The predicted molar refractivity (Wildman–Crippen MR) is 142 cm³/mol. The summed E-state index contributed by atoms with van der Waals surface area (Å²) in [5.41, 5.74) is 2.18. The molecule has 9 nitrogen and oxygen atoms in total. The number of rotatable bonds is 11. The molecule has 0 radical (unpaired) electrons. The van der Waals surface area contributed by atoms with Gasteiger partial charge in [-0.2, -0.15) is 0 Å². The first kappa shape index (κ1) is 27.6. The van der Waals surface area contributed by atoms with Gasteiger partial charge >= 0.3 is 12.2 Å². The van der Waals surface area contributed by atoms with Crippen LogP contribution in [0.2, 0.25) is 0 Å². The van der Waals surface area contributed by atoms with Crippen LogP contribution in [0.3, 0.4) is 0 Å². The zero-order valence-corrected chi connectivity index (χ0v) is 21.6. The fourth-order valence-electron chi connectivity index (χ4n) is 3.73. The van der Waals surface area contributed by atoms with Crippen molar-refractivity contribution in [2.24, 2.45) is 0 Å². The highest BCUT2D eigenvalue weighted by molar-refractivity contribution is 5.88. The number of para-hydroxylation sites is 1. The van der Waals surface area contributed by atoms with Crippen molar-refractivity contribution in [2.75, 3.05) is 13.1 Å². The largest absolute Gasteiger partial charge is 0.445 e. The fourth-order valence-corrected chi connectivity index (χ4v) is 3.73. The standard InChI is InChI=1S/C28H36N4O5/c1-28(2,3)37-26(34)30-16-10-9-15-29-25(33)24(17-21-18-31-23-14-8-7-13-22(21)23)32-27(35)36-19-20-11-5-4-6-12-20/h4-8,11-14,18,24,31H,9-10,15-17,19H2,1-3H3,(H,29,33)(H,30,34)(H,32,35)/t24-/m0/s1. The molecule has 3 aromatic rings. The molecule has 0 saturated carbocycles. The van der Waals surface area contributed by atoms with Crippen molar-refractivity contribution in [1.29, 1.82) is 0 Å². The number of amides is 3. The highest BCUT2D eigenvalue weighted by atomic mass is 16.6. The van der Waals surface area contributed by atoms with E-state index >= 15 is 0 Å². The maximum Gasteiger partial charge on any atom is 0.408 e. The van der Waals surface area contributed by atoms with E-state index in [9.17, 15) is 14.4 Å². The normalized spacial score (nSPS) is 12.0. The summed E-state index contributed by atoms with van der Waals surface area (Å²) in [6.45, 7) is 6.37. The molecule has 2 aromatic carbocycles. The summed E-state index contributed by atoms with van der Waals surface area (Å²) < 4.78 is 10.5. The summed E-state index contributed by atoms with van der Waals surface area (Å²) in [5.74, 6) is -0.304. The molecular weight excluding hydrogens is 472 g/mol. The number of hydrogen-bond acceptors (Lipinski definition) is 5. The molecule has 198 valence electrons. The minimum Gasteiger partial charge on any atom is -0.445 e. The number of aromatic nitrogens is 1. The van der Waals surface area contributed by atoms with Gasteiger partial charge in [0.25, 0.3) is 0 Å². The Morgan fingerprint density at radius 2 is 1.57 bits per heavy atom. The number of hydrogen-bond donors (Lipinski definition) is 4. The number of fused-ring (bicyclic) bond motifs is 1. The number of H-pyrrole nitrogens is 1. The third kappa shape index (κ3) is 9.51. The minimum absolute atomic E-state index is 0.110. The second-order valence-electron chi connectivity index (χ2n) is 9.75. The number of alkyl carbamates (subject to hydrolysis) is 2. The quantitative estimate of drug-likeness (QED) is 0.286. The molecule has 4 N–H and O–H groups in total. The van der Waals surface area contributed by atoms with Crippen molar-refractivity contribution in [3.05, 3.63) is 71.9 Å². The van der Waals surface area contributed by atoms with Crippen LogP contribution < -0.4 is 16.0 Å². The average molecular weight is 509 g/mol. The van der Waals surface area contributed by atoms with Gasteiger partial charge in [-0.3, -0.25) is 4.79 Å². The number of unbranched alkanes of at least 4 members (excludes halogenated alkanes) is 1. The van der Waals surface area contributed by atoms with Gasteiger partial charge in [0, 0.05) is 36.6 Å². The molecule has 3 rings (SSSR count). The highest BCUT2D eigenvalue weighted by Crippen LogP contribution is 2.19. The number of aromatic amines is 1. The van der Waals surface area contributed by atoms with Gasteiger partial charge in [0.15, 0.2) is 0 Å². The zero-order chi connectivity index (χ0) is 26.7. The second-order valence-corrected chi connectivity index (χ2v) is 9.75. The maximum absolute atomic E-state index is 13.0. The molecule has 0 aliphatic carbocycles. The Morgan fingerprint density at radius 3 is 2.30 bits per heavy atom. The Hall–Kier alpha value is -4.01. The topological polar surface area (TPSA) is 122 Å². The first-order valence-electron chi connectivity index (χ1n) is 12.5. The van der Waals surface area contributed by atoms with Gasteiger partial charge in [-0.15, -0.1) is 0 Å². The van der Waals surface area contributed by atoms with E-state index in [1.807, 2.05) is 60.8 Å². The van der Waals surface area contributed by atoms with E-state index in [4.69, 9.17) is 9.47 Å². The second kappa shape index (κ2) is 13.3. The van der Waals surface area contributed by atoms with Crippen LogP contribution in [-0.4, -0.2) is 47.8 Å². The number of carbonyl (C=O) groups excluding carboxylic acids is 3. The van der Waals surface area contributed by atoms with Gasteiger partial charge in [-0.05, 0) is 50.8 Å². The summed E-state index contributed by atoms with van der Waals surface area (Å²) in [5, 5.41) is 9.30. The van der Waals surface area contributed by atoms with Crippen LogP contribution in [0.1, 0.15) is 44.7 Å². The summed E-state index contributed by atoms with van der Waals surface area (Å²) in [6, 6.07) is 16.3. The number of ether oxygens (including phenoxy) is 2. The van der Waals surface area contributed by atoms with Crippen LogP contribution in [0.4, 0.5) is 9.59 Å². The van der Waals surface area contributed by atoms with Crippen LogP contribution in [0.15, 0.2) is 60.8 Å². The molecule has 9 heteroatoms. The minimum atomic E-state index is -0.817. The Morgan fingerprint density at radius 1 is 0.892 bits per heavy atom. The van der Waals surface area contributed by atoms with Gasteiger partial charge in [-0.1, -0.05) is 48.5 Å². The van der Waals surface area contributed by atoms with Crippen LogP contribution >= 0.6 is 0 Å². The van der Waals surface area contributed by atoms with Crippen molar-refractivity contribution in [2.45, 2.75) is 58.3 Å². The lowest BCUT2D eigenvalue weighted by Gasteiger charge is -2.20. The predicted octanol–water partition coefficient (Wildman–Crippen LogP) is 4.43. The summed E-state index contributed by atoms with van der Waals surface area (Å²) >= 11 is 0. The number of benzene rings is 2. The first-order valence-corrected chi connectivity index (χ1v) is 12.5. The molecule has 0 spiro atoms. The van der Waals surface area contributed by atoms with E-state index in [0.717, 1.165) is 22.0 Å². The molecule has 0 bridgehead atoms. The Labute approximate surface area is 217 Å². The Bertz CT molecular complexity index is 1170. The SMILES string of the molecule is CC(C)(C)OC(=O)NCCCCNC(=O)[C@H](Cc1c[nH]c2ccccc12)NC(=O)OCc1ccccc1. The maximum atomic E-state index is 13.0. The molecule has 0 saturated heterocycles. The van der Waals surface area contributed by atoms with E-state index in [1.54, 1.807) is 20.8 Å². The molecule has 1 aromatic heterocycles. The highest BCUT2D eigenvalue weighted by Gasteiger charge is 2.23. The molecule has 1 heterocycles. The lowest BCUT2D eigenvalue weighted by atomic mass is 10.0. The number of carbonyl (C=O) groups is 3. The van der Waals surface area contributed by atoms with E-state index < -0.39 is 23.8 Å². The summed E-state index contributed by atoms with van der Waals surface area (Å²) in [6.07, 6.45) is 2.35. The van der Waals surface area contributed by atoms with E-state index in [2.05, 4.69) is 20.9 Å². The van der Waals surface area contributed by atoms with Gasteiger partial charge in [0.1, 0.15) is 18.2 Å². The fraction of sp³-hybridized carbons (Fsp3) is 0.393. The average Bonchev–Trinajstić information content (AvgIpc) is 3.26. The summed E-state index contributed by atoms with van der Waals surface area (Å²) in [4.78, 5) is 40.5. The molecule has 0 unspecified atom stereocenters. The smallest absolute Gasteiger partial charge is 0.408 e. The van der Waals surface area contributed by atoms with E-state index in [1.165, 1.54) is 0 Å². The molecule has 1 atom stereocenters. The molecule has 0 aliphatic heterocycles. The van der Waals surface area contributed by atoms with Crippen molar-refractivity contribution >= 4 is 29.0 Å². The van der Waals surface area contributed by atoms with Crippen LogP contribution in [0.25, 0.3) is 10.9 Å². The van der Waals surface area contributed by atoms with Crippen LogP contribution in [0, 0.1) is 0 Å². The monoisotopic (exact) mass is 508 g/mol. The molecule has 0 fully saturated rings. The van der Waals surface area contributed by atoms with Crippen molar-refractivity contribution in [1.82, 2.24) is 20.9 Å². The molecular formula is C28H36N4O5. The Kier molecular flexibility index (Phi) is 9.94. The van der Waals surface area contributed by atoms with Crippen molar-refractivity contribution in [3.63, 3.8) is 0 Å². The lowest BCUT2D eigenvalue weighted by Crippen LogP contribution is -2.48. The first-order chi connectivity index (χ1) is 17.7. The third-order valence-corrected chi connectivity index (χ3v) is 5.49. The molecule has 37 heavy (non-hydrogen) atoms. The van der Waals surface area contributed by atoms with Crippen molar-refractivity contribution < 1.29 is 23.9 Å². The Balaban J connectivity index is 1.52. The van der Waals surface area contributed by atoms with Gasteiger partial charge in [0.05, 0.1) is 0 Å². The van der Waals surface area contributed by atoms with Gasteiger partial charge in [0.2, 0.25) is 5.91 Å². The molecule has 0 aliphatic rings.